The van der Waals surface area contributed by atoms with Crippen LogP contribution in [0.3, 0.4) is 0 Å². The first-order valence-corrected chi connectivity index (χ1v) is 6.99. The number of hydrogen-bond donors (Lipinski definition) is 4. The molecule has 3 aromatic rings. The summed E-state index contributed by atoms with van der Waals surface area (Å²) in [5.74, 6) is -2.47. The summed E-state index contributed by atoms with van der Waals surface area (Å²) in [5, 5.41) is 4.85. The number of anilines is 2. The van der Waals surface area contributed by atoms with E-state index in [1.54, 1.807) is 30.3 Å². The molecule has 0 radical (unpaired) electrons. The van der Waals surface area contributed by atoms with Crippen molar-refractivity contribution in [2.45, 2.75) is 0 Å². The van der Waals surface area contributed by atoms with Crippen LogP contribution < -0.4 is 16.4 Å². The van der Waals surface area contributed by atoms with Crippen molar-refractivity contribution in [2.75, 3.05) is 10.6 Å². The van der Waals surface area contributed by atoms with Gasteiger partial charge in [0.25, 0.3) is 5.91 Å². The van der Waals surface area contributed by atoms with Gasteiger partial charge in [0.15, 0.2) is 0 Å². The molecule has 0 atom stereocenters. The summed E-state index contributed by atoms with van der Waals surface area (Å²) >= 11 is 0. The maximum Gasteiger partial charge on any atom is 0.314 e. The van der Waals surface area contributed by atoms with Crippen molar-refractivity contribution in [2.24, 2.45) is 5.73 Å². The normalized spacial score (nSPS) is 10.3. The molecule has 1 heterocycles. The minimum absolute atomic E-state index is 0.123. The zero-order valence-electron chi connectivity index (χ0n) is 12.4. The number of rotatable bonds is 3. The van der Waals surface area contributed by atoms with Gasteiger partial charge < -0.3 is 21.4 Å². The molecule has 0 bridgehead atoms. The predicted molar refractivity (Wildman–Crippen MR) is 88.3 cm³/mol. The molecule has 0 fully saturated rings. The van der Waals surface area contributed by atoms with Crippen LogP contribution in [-0.2, 0) is 9.59 Å². The first kappa shape index (κ1) is 15.2. The molecule has 2 aromatic carbocycles. The number of amides is 3. The van der Waals surface area contributed by atoms with Gasteiger partial charge in [0.2, 0.25) is 0 Å². The maximum atomic E-state index is 12.0. The molecule has 8 nitrogen and oxygen atoms in total. The van der Waals surface area contributed by atoms with E-state index in [9.17, 15) is 14.4 Å². The number of benzene rings is 2. The molecule has 8 heteroatoms. The van der Waals surface area contributed by atoms with Crippen molar-refractivity contribution in [3.63, 3.8) is 0 Å². The fourth-order valence-electron chi connectivity index (χ4n) is 2.19. The highest BCUT2D eigenvalue weighted by atomic mass is 16.2. The first-order valence-electron chi connectivity index (χ1n) is 6.99. The van der Waals surface area contributed by atoms with Crippen LogP contribution in [0.4, 0.5) is 11.4 Å². The van der Waals surface area contributed by atoms with Gasteiger partial charge in [-0.15, -0.1) is 0 Å². The Morgan fingerprint density at radius 2 is 1.75 bits per heavy atom. The van der Waals surface area contributed by atoms with Crippen LogP contribution >= 0.6 is 0 Å². The van der Waals surface area contributed by atoms with Crippen molar-refractivity contribution in [1.82, 2.24) is 9.97 Å². The summed E-state index contributed by atoms with van der Waals surface area (Å²) in [4.78, 5) is 42.3. The second-order valence-electron chi connectivity index (χ2n) is 4.95. The van der Waals surface area contributed by atoms with Crippen LogP contribution in [0.25, 0.3) is 11.0 Å². The molecule has 5 N–H and O–H groups in total. The highest BCUT2D eigenvalue weighted by Crippen LogP contribution is 2.17. The number of para-hydroxylation sites is 1. The lowest BCUT2D eigenvalue weighted by atomic mass is 10.1. The third kappa shape index (κ3) is 3.07. The molecule has 120 valence electrons. The van der Waals surface area contributed by atoms with Crippen molar-refractivity contribution in [3.8, 4) is 0 Å². The van der Waals surface area contributed by atoms with Crippen LogP contribution in [0.2, 0.25) is 0 Å². The average Bonchev–Trinajstić information content (AvgIpc) is 3.02. The van der Waals surface area contributed by atoms with Gasteiger partial charge in [0, 0.05) is 5.69 Å². The van der Waals surface area contributed by atoms with Crippen LogP contribution in [0.1, 0.15) is 10.4 Å². The van der Waals surface area contributed by atoms with Gasteiger partial charge in [-0.25, -0.2) is 4.98 Å². The second kappa shape index (κ2) is 6.21. The molecule has 1 aromatic heterocycles. The largest absolute Gasteiger partial charge is 0.366 e. The Hall–Kier alpha value is -3.68. The third-order valence-electron chi connectivity index (χ3n) is 3.33. The van der Waals surface area contributed by atoms with E-state index in [1.807, 2.05) is 0 Å². The number of aromatic amines is 1. The van der Waals surface area contributed by atoms with Gasteiger partial charge in [-0.3, -0.25) is 14.4 Å². The Morgan fingerprint density at radius 3 is 2.54 bits per heavy atom. The molecule has 0 unspecified atom stereocenters. The van der Waals surface area contributed by atoms with Gasteiger partial charge in [-0.1, -0.05) is 12.1 Å². The smallest absolute Gasteiger partial charge is 0.314 e. The van der Waals surface area contributed by atoms with Gasteiger partial charge >= 0.3 is 11.8 Å². The Morgan fingerprint density at radius 1 is 1.00 bits per heavy atom. The molecular weight excluding hydrogens is 310 g/mol. The fourth-order valence-corrected chi connectivity index (χ4v) is 2.19. The Balaban J connectivity index is 1.73. The summed E-state index contributed by atoms with van der Waals surface area (Å²) in [6.07, 6.45) is 1.53. The summed E-state index contributed by atoms with van der Waals surface area (Å²) < 4.78 is 0. The second-order valence-corrected chi connectivity index (χ2v) is 4.95. The molecule has 0 saturated heterocycles. The van der Waals surface area contributed by atoms with E-state index in [1.165, 1.54) is 18.5 Å². The standard InChI is InChI=1S/C16H13N5O3/c17-14(22)10-3-1-2-4-11(10)21-16(24)15(23)20-9-5-6-12-13(7-9)19-8-18-12/h1-8H,(H2,17,22)(H,18,19)(H,20,23)(H,21,24). The Kier molecular flexibility index (Phi) is 3.94. The Bertz CT molecular complexity index is 948. The number of carbonyl (C=O) groups excluding carboxylic acids is 3. The quantitative estimate of drug-likeness (QED) is 0.540. The zero-order chi connectivity index (χ0) is 17.1. The third-order valence-corrected chi connectivity index (χ3v) is 3.33. The van der Waals surface area contributed by atoms with Crippen molar-refractivity contribution >= 4 is 40.1 Å². The number of nitrogens with one attached hydrogen (secondary N) is 3. The molecular formula is C16H13N5O3. The van der Waals surface area contributed by atoms with Gasteiger partial charge in [0.05, 0.1) is 28.6 Å². The summed E-state index contributed by atoms with van der Waals surface area (Å²) in [6.45, 7) is 0. The molecule has 3 amide bonds. The number of nitrogens with zero attached hydrogens (tertiary/aromatic N) is 1. The highest BCUT2D eigenvalue weighted by Gasteiger charge is 2.17. The van der Waals surface area contributed by atoms with Gasteiger partial charge in [0.1, 0.15) is 0 Å². The Labute approximate surface area is 136 Å². The lowest BCUT2D eigenvalue weighted by molar-refractivity contribution is -0.133. The fraction of sp³-hybridized carbons (Fsp3) is 0. The molecule has 0 spiro atoms. The number of hydrogen-bond acceptors (Lipinski definition) is 4. The minimum Gasteiger partial charge on any atom is -0.366 e. The summed E-state index contributed by atoms with van der Waals surface area (Å²) in [6, 6.07) is 11.2. The molecule has 24 heavy (non-hydrogen) atoms. The molecule has 0 aliphatic rings. The van der Waals surface area contributed by atoms with Crippen LogP contribution in [0, 0.1) is 0 Å². The number of nitrogens with two attached hydrogens (primary N) is 1. The predicted octanol–water partition coefficient (Wildman–Crippen LogP) is 1.24. The topological polar surface area (TPSA) is 130 Å². The van der Waals surface area contributed by atoms with Gasteiger partial charge in [-0.05, 0) is 30.3 Å². The van der Waals surface area contributed by atoms with Gasteiger partial charge in [-0.2, -0.15) is 0 Å². The monoisotopic (exact) mass is 323 g/mol. The number of primary amides is 1. The molecule has 0 aliphatic heterocycles. The van der Waals surface area contributed by atoms with Crippen molar-refractivity contribution < 1.29 is 14.4 Å². The molecule has 3 rings (SSSR count). The van der Waals surface area contributed by atoms with Crippen LogP contribution in [-0.4, -0.2) is 27.7 Å². The summed E-state index contributed by atoms with van der Waals surface area (Å²) in [7, 11) is 0. The number of carbonyl (C=O) groups is 3. The van der Waals surface area contributed by atoms with E-state index in [0.717, 1.165) is 11.0 Å². The van der Waals surface area contributed by atoms with E-state index in [2.05, 4.69) is 20.6 Å². The number of imidazole rings is 1. The zero-order valence-corrected chi connectivity index (χ0v) is 12.4. The van der Waals surface area contributed by atoms with E-state index < -0.39 is 17.7 Å². The number of fused-ring (bicyclic) bond motifs is 1. The number of H-pyrrole nitrogens is 1. The average molecular weight is 323 g/mol. The first-order chi connectivity index (χ1) is 11.5. The van der Waals surface area contributed by atoms with Crippen molar-refractivity contribution in [3.05, 3.63) is 54.4 Å². The minimum atomic E-state index is -0.909. The molecule has 0 aliphatic carbocycles. The van der Waals surface area contributed by atoms with Crippen LogP contribution in [0.15, 0.2) is 48.8 Å². The number of aromatic nitrogens is 2. The van der Waals surface area contributed by atoms with E-state index in [-0.39, 0.29) is 11.3 Å². The molecule has 0 saturated carbocycles. The van der Waals surface area contributed by atoms with Crippen LogP contribution in [0.5, 0.6) is 0 Å². The van der Waals surface area contributed by atoms with E-state index in [0.29, 0.717) is 5.69 Å². The van der Waals surface area contributed by atoms with E-state index >= 15 is 0 Å². The maximum absolute atomic E-state index is 12.0. The highest BCUT2D eigenvalue weighted by molar-refractivity contribution is 6.44. The van der Waals surface area contributed by atoms with E-state index in [4.69, 9.17) is 5.73 Å². The van der Waals surface area contributed by atoms with Crippen molar-refractivity contribution in [1.29, 1.82) is 0 Å². The lowest BCUT2D eigenvalue weighted by Gasteiger charge is -2.09. The summed E-state index contributed by atoms with van der Waals surface area (Å²) in [5.41, 5.74) is 7.44. The lowest BCUT2D eigenvalue weighted by Crippen LogP contribution is -2.30. The SMILES string of the molecule is NC(=O)c1ccccc1NC(=O)C(=O)Nc1ccc2nc[nH]c2c1.